The van der Waals surface area contributed by atoms with E-state index in [1.807, 2.05) is 19.1 Å². The normalized spacial score (nSPS) is 18.1. The molecule has 102 valence electrons. The first-order valence-corrected chi connectivity index (χ1v) is 7.64. The van der Waals surface area contributed by atoms with Crippen LogP contribution in [0.25, 0.3) is 0 Å². The van der Waals surface area contributed by atoms with Crippen molar-refractivity contribution in [2.45, 2.75) is 33.1 Å². The molecule has 0 saturated carbocycles. The Balaban J connectivity index is 1.94. The molecular formula is C16H16N2OS. The highest BCUT2D eigenvalue weighted by Gasteiger charge is 2.23. The van der Waals surface area contributed by atoms with Crippen LogP contribution in [0.15, 0.2) is 21.5 Å². The van der Waals surface area contributed by atoms with Gasteiger partial charge < -0.3 is 4.42 Å². The number of hydrogen-bond donors (Lipinski definition) is 0. The molecule has 0 radical (unpaired) electrons. The van der Waals surface area contributed by atoms with E-state index in [-0.39, 0.29) is 0 Å². The monoisotopic (exact) mass is 284 g/mol. The number of aliphatic imine (C=N–C) groups is 1. The van der Waals surface area contributed by atoms with Gasteiger partial charge in [-0.1, -0.05) is 6.92 Å². The van der Waals surface area contributed by atoms with Crippen LogP contribution in [-0.4, -0.2) is 6.21 Å². The molecule has 0 bridgehead atoms. The Labute approximate surface area is 122 Å². The molecule has 0 saturated heterocycles. The summed E-state index contributed by atoms with van der Waals surface area (Å²) in [7, 11) is 0. The molecule has 20 heavy (non-hydrogen) atoms. The second-order valence-corrected chi connectivity index (χ2v) is 6.43. The van der Waals surface area contributed by atoms with Crippen LogP contribution in [0.1, 0.15) is 40.9 Å². The smallest absolute Gasteiger partial charge is 0.145 e. The highest BCUT2D eigenvalue weighted by Crippen LogP contribution is 2.40. The van der Waals surface area contributed by atoms with Crippen LogP contribution in [0.3, 0.4) is 0 Å². The fourth-order valence-electron chi connectivity index (χ4n) is 2.59. The van der Waals surface area contributed by atoms with E-state index in [9.17, 15) is 5.26 Å². The van der Waals surface area contributed by atoms with Gasteiger partial charge in [0.25, 0.3) is 0 Å². The first kappa shape index (κ1) is 13.1. The van der Waals surface area contributed by atoms with E-state index in [0.29, 0.717) is 5.92 Å². The lowest BCUT2D eigenvalue weighted by Gasteiger charge is -2.17. The van der Waals surface area contributed by atoms with Gasteiger partial charge in [0.15, 0.2) is 0 Å². The van der Waals surface area contributed by atoms with E-state index >= 15 is 0 Å². The largest absolute Gasteiger partial charge is 0.460 e. The third kappa shape index (κ3) is 2.41. The Bertz CT molecular complexity index is 703. The van der Waals surface area contributed by atoms with Crippen molar-refractivity contribution in [1.82, 2.24) is 0 Å². The molecule has 1 aliphatic carbocycles. The fraction of sp³-hybridized carbons (Fsp3) is 0.375. The molecule has 0 aromatic carbocycles. The van der Waals surface area contributed by atoms with Gasteiger partial charge in [0.05, 0.1) is 11.8 Å². The number of nitrogens with zero attached hydrogens (tertiary/aromatic N) is 2. The average molecular weight is 284 g/mol. The molecule has 3 nitrogen and oxygen atoms in total. The molecule has 3 rings (SSSR count). The molecule has 2 heterocycles. The topological polar surface area (TPSA) is 49.3 Å². The van der Waals surface area contributed by atoms with Gasteiger partial charge in [-0.05, 0) is 49.8 Å². The van der Waals surface area contributed by atoms with Gasteiger partial charge in [0.2, 0.25) is 0 Å². The van der Waals surface area contributed by atoms with Crippen LogP contribution in [-0.2, 0) is 12.8 Å². The van der Waals surface area contributed by atoms with Crippen molar-refractivity contribution in [3.8, 4) is 6.07 Å². The fourth-order valence-corrected chi connectivity index (χ4v) is 3.89. The van der Waals surface area contributed by atoms with Crippen LogP contribution in [0.2, 0.25) is 0 Å². The molecule has 0 fully saturated rings. The van der Waals surface area contributed by atoms with Crippen molar-refractivity contribution in [2.75, 3.05) is 0 Å². The molecule has 0 N–H and O–H groups in total. The SMILES string of the molecule is Cc1ccc(C=Nc2sc3c(c2C#N)CCC(C)C3)o1. The average Bonchev–Trinajstić information content (AvgIpc) is 2.98. The summed E-state index contributed by atoms with van der Waals surface area (Å²) in [5.41, 5.74) is 1.98. The van der Waals surface area contributed by atoms with Crippen LogP contribution in [0.4, 0.5) is 5.00 Å². The number of furan rings is 1. The molecule has 0 aliphatic heterocycles. The lowest BCUT2D eigenvalue weighted by atomic mass is 9.89. The number of nitriles is 1. The molecule has 2 aromatic heterocycles. The Morgan fingerprint density at radius 1 is 1.50 bits per heavy atom. The number of aryl methyl sites for hydroxylation is 1. The molecule has 1 unspecified atom stereocenters. The zero-order valence-electron chi connectivity index (χ0n) is 11.6. The summed E-state index contributed by atoms with van der Waals surface area (Å²) in [5.74, 6) is 2.30. The molecule has 0 amide bonds. The third-order valence-electron chi connectivity index (χ3n) is 3.68. The summed E-state index contributed by atoms with van der Waals surface area (Å²) >= 11 is 1.65. The second kappa shape index (κ2) is 5.26. The van der Waals surface area contributed by atoms with E-state index < -0.39 is 0 Å². The van der Waals surface area contributed by atoms with Crippen LogP contribution in [0.5, 0.6) is 0 Å². The van der Waals surface area contributed by atoms with Gasteiger partial charge in [-0.3, -0.25) is 0 Å². The lowest BCUT2D eigenvalue weighted by Crippen LogP contribution is -2.09. The summed E-state index contributed by atoms with van der Waals surface area (Å²) in [6.07, 6.45) is 4.95. The second-order valence-electron chi connectivity index (χ2n) is 5.35. The first-order valence-electron chi connectivity index (χ1n) is 6.82. The molecular weight excluding hydrogens is 268 g/mol. The van der Waals surface area contributed by atoms with Crippen molar-refractivity contribution in [3.05, 3.63) is 39.7 Å². The van der Waals surface area contributed by atoms with Crippen molar-refractivity contribution < 1.29 is 4.42 Å². The van der Waals surface area contributed by atoms with Crippen molar-refractivity contribution in [3.63, 3.8) is 0 Å². The Morgan fingerprint density at radius 2 is 2.35 bits per heavy atom. The minimum atomic E-state index is 0.706. The van der Waals surface area contributed by atoms with Crippen LogP contribution < -0.4 is 0 Å². The Morgan fingerprint density at radius 3 is 3.05 bits per heavy atom. The maximum Gasteiger partial charge on any atom is 0.145 e. The predicted molar refractivity (Wildman–Crippen MR) is 80.9 cm³/mol. The number of thiophene rings is 1. The zero-order chi connectivity index (χ0) is 14.1. The Hall–Kier alpha value is -1.86. The van der Waals surface area contributed by atoms with Gasteiger partial charge in [-0.15, -0.1) is 11.3 Å². The zero-order valence-corrected chi connectivity index (χ0v) is 12.5. The lowest BCUT2D eigenvalue weighted by molar-refractivity contribution is 0.507. The molecule has 1 aliphatic rings. The van der Waals surface area contributed by atoms with Gasteiger partial charge in [-0.2, -0.15) is 5.26 Å². The van der Waals surface area contributed by atoms with E-state index in [1.54, 1.807) is 17.6 Å². The summed E-state index contributed by atoms with van der Waals surface area (Å²) < 4.78 is 5.47. The maximum atomic E-state index is 9.39. The maximum absolute atomic E-state index is 9.39. The first-order chi connectivity index (χ1) is 9.67. The summed E-state index contributed by atoms with van der Waals surface area (Å²) in [6.45, 7) is 4.17. The quantitative estimate of drug-likeness (QED) is 0.767. The van der Waals surface area contributed by atoms with Gasteiger partial charge in [0.1, 0.15) is 22.6 Å². The molecule has 2 aromatic rings. The minimum Gasteiger partial charge on any atom is -0.460 e. The summed E-state index contributed by atoms with van der Waals surface area (Å²) in [4.78, 5) is 5.80. The van der Waals surface area contributed by atoms with Gasteiger partial charge in [0, 0.05) is 4.88 Å². The standard InChI is InChI=1S/C16H16N2OS/c1-10-3-6-13-14(8-17)16(20-15(13)7-10)18-9-12-5-4-11(2)19-12/h4-5,9-10H,3,6-7H2,1-2H3. The minimum absolute atomic E-state index is 0.706. The van der Waals surface area contributed by atoms with Crippen molar-refractivity contribution in [2.24, 2.45) is 10.9 Å². The van der Waals surface area contributed by atoms with Crippen molar-refractivity contribution in [1.29, 1.82) is 5.26 Å². The predicted octanol–water partition coefficient (Wildman–Crippen LogP) is 4.40. The van der Waals surface area contributed by atoms with Crippen LogP contribution in [0, 0.1) is 24.2 Å². The highest BCUT2D eigenvalue weighted by molar-refractivity contribution is 7.16. The highest BCUT2D eigenvalue weighted by atomic mass is 32.1. The molecule has 4 heteroatoms. The molecule has 0 spiro atoms. The van der Waals surface area contributed by atoms with E-state index in [4.69, 9.17) is 4.42 Å². The Kier molecular flexibility index (Phi) is 3.45. The summed E-state index contributed by atoms with van der Waals surface area (Å²) in [5, 5.41) is 10.2. The van der Waals surface area contributed by atoms with E-state index in [1.165, 1.54) is 16.9 Å². The third-order valence-corrected chi connectivity index (χ3v) is 4.84. The molecule has 1 atom stereocenters. The number of hydrogen-bond acceptors (Lipinski definition) is 4. The van der Waals surface area contributed by atoms with E-state index in [2.05, 4.69) is 18.0 Å². The number of rotatable bonds is 2. The van der Waals surface area contributed by atoms with E-state index in [0.717, 1.165) is 34.9 Å². The van der Waals surface area contributed by atoms with Gasteiger partial charge >= 0.3 is 0 Å². The van der Waals surface area contributed by atoms with Crippen LogP contribution >= 0.6 is 11.3 Å². The van der Waals surface area contributed by atoms with Gasteiger partial charge in [-0.25, -0.2) is 4.99 Å². The summed E-state index contributed by atoms with van der Waals surface area (Å²) in [6, 6.07) is 6.13. The van der Waals surface area contributed by atoms with Crippen molar-refractivity contribution >= 4 is 22.6 Å². The number of fused-ring (bicyclic) bond motifs is 1.